The lowest BCUT2D eigenvalue weighted by Crippen LogP contribution is -3.28. The molecule has 0 aromatic heterocycles. The number of hydrogen-bond acceptors (Lipinski definition) is 1. The second kappa shape index (κ2) is 8.77. The Hall–Kier alpha value is -1.46. The number of hydrogen-bond donors (Lipinski definition) is 3. The van der Waals surface area contributed by atoms with Crippen LogP contribution < -0.4 is 15.1 Å². The van der Waals surface area contributed by atoms with Gasteiger partial charge in [-0.05, 0) is 24.8 Å². The maximum absolute atomic E-state index is 13.8. The van der Waals surface area contributed by atoms with Gasteiger partial charge in [0, 0.05) is 11.6 Å². The van der Waals surface area contributed by atoms with E-state index in [-0.39, 0.29) is 11.7 Å². The number of amides is 1. The molecule has 5 heteroatoms. The third-order valence-electron chi connectivity index (χ3n) is 5.93. The number of nitrogens with one attached hydrogen (secondary N) is 3. The Kier molecular flexibility index (Phi) is 6.43. The Morgan fingerprint density at radius 2 is 1.80 bits per heavy atom. The van der Waals surface area contributed by atoms with Crippen LogP contribution in [-0.4, -0.2) is 44.7 Å². The molecule has 1 aliphatic heterocycles. The summed E-state index contributed by atoms with van der Waals surface area (Å²) < 4.78 is 13.8. The minimum atomic E-state index is -0.106. The number of rotatable bonds is 5. The van der Waals surface area contributed by atoms with Crippen LogP contribution in [0.15, 0.2) is 24.3 Å². The Morgan fingerprint density at radius 3 is 2.52 bits per heavy atom. The van der Waals surface area contributed by atoms with E-state index >= 15 is 0 Å². The molecule has 0 bridgehead atoms. The van der Waals surface area contributed by atoms with E-state index in [1.54, 1.807) is 6.07 Å². The first-order chi connectivity index (χ1) is 12.1. The van der Waals surface area contributed by atoms with Crippen molar-refractivity contribution >= 4 is 5.91 Å². The van der Waals surface area contributed by atoms with Crippen molar-refractivity contribution in [3.63, 3.8) is 0 Å². The molecule has 3 rings (SSSR count). The monoisotopic (exact) mass is 349 g/mol. The van der Waals surface area contributed by atoms with E-state index < -0.39 is 0 Å². The van der Waals surface area contributed by atoms with E-state index in [4.69, 9.17) is 0 Å². The number of carbonyl (C=O) groups excluding carboxylic acids is 1. The van der Waals surface area contributed by atoms with Crippen LogP contribution >= 0.6 is 0 Å². The summed E-state index contributed by atoms with van der Waals surface area (Å²) in [5, 5.41) is 3.26. The molecule has 1 amide bonds. The molecule has 138 valence electrons. The lowest BCUT2D eigenvalue weighted by molar-refractivity contribution is -1.02. The number of halogens is 1. The van der Waals surface area contributed by atoms with Crippen LogP contribution in [0, 0.1) is 11.7 Å². The van der Waals surface area contributed by atoms with Crippen LogP contribution in [0.25, 0.3) is 0 Å². The summed E-state index contributed by atoms with van der Waals surface area (Å²) in [6.45, 7) is 7.53. The molecular formula is C20H32FN3O+2. The molecule has 1 saturated carbocycles. The second-order valence-corrected chi connectivity index (χ2v) is 7.88. The number of benzene rings is 1. The second-order valence-electron chi connectivity index (χ2n) is 7.88. The van der Waals surface area contributed by atoms with Crippen molar-refractivity contribution < 1.29 is 19.0 Å². The van der Waals surface area contributed by atoms with Crippen LogP contribution in [0.1, 0.15) is 38.2 Å². The van der Waals surface area contributed by atoms with Crippen molar-refractivity contribution in [1.82, 2.24) is 5.32 Å². The summed E-state index contributed by atoms with van der Waals surface area (Å²) in [5.74, 6) is 0.701. The Balaban J connectivity index is 1.40. The first-order valence-corrected chi connectivity index (χ1v) is 9.81. The molecule has 1 aliphatic carbocycles. The maximum atomic E-state index is 13.8. The fourth-order valence-electron chi connectivity index (χ4n) is 4.24. The van der Waals surface area contributed by atoms with Gasteiger partial charge in [0.2, 0.25) is 0 Å². The normalized spacial score (nSPS) is 30.0. The topological polar surface area (TPSA) is 38.0 Å². The van der Waals surface area contributed by atoms with Crippen LogP contribution in [0.4, 0.5) is 4.39 Å². The van der Waals surface area contributed by atoms with Crippen molar-refractivity contribution in [3.8, 4) is 0 Å². The highest BCUT2D eigenvalue weighted by Crippen LogP contribution is 2.23. The van der Waals surface area contributed by atoms with E-state index in [9.17, 15) is 9.18 Å². The predicted octanol–water partition coefficient (Wildman–Crippen LogP) is -0.196. The lowest BCUT2D eigenvalue weighted by atomic mass is 9.86. The molecular weight excluding hydrogens is 317 g/mol. The van der Waals surface area contributed by atoms with Crippen molar-refractivity contribution in [1.29, 1.82) is 0 Å². The van der Waals surface area contributed by atoms with Gasteiger partial charge >= 0.3 is 0 Å². The van der Waals surface area contributed by atoms with E-state index in [2.05, 4.69) is 12.2 Å². The molecule has 1 aromatic carbocycles. The highest BCUT2D eigenvalue weighted by atomic mass is 19.1. The highest BCUT2D eigenvalue weighted by molar-refractivity contribution is 5.77. The summed E-state index contributed by atoms with van der Waals surface area (Å²) in [6, 6.07) is 7.42. The zero-order chi connectivity index (χ0) is 17.6. The summed E-state index contributed by atoms with van der Waals surface area (Å²) >= 11 is 0. The van der Waals surface area contributed by atoms with Crippen molar-refractivity contribution in [2.75, 3.05) is 32.7 Å². The molecule has 1 saturated heterocycles. The SMILES string of the molecule is C[C@@H]1CCCC[C@@H]1NC(=O)C[NH+]1CC[NH+](Cc2ccccc2F)CC1. The fourth-order valence-corrected chi connectivity index (χ4v) is 4.24. The van der Waals surface area contributed by atoms with E-state index in [1.807, 2.05) is 12.1 Å². The Bertz CT molecular complexity index is 572. The van der Waals surface area contributed by atoms with E-state index in [0.717, 1.165) is 44.7 Å². The van der Waals surface area contributed by atoms with Crippen molar-refractivity contribution in [3.05, 3.63) is 35.6 Å². The molecule has 1 heterocycles. The maximum Gasteiger partial charge on any atom is 0.275 e. The van der Waals surface area contributed by atoms with Gasteiger partial charge in [-0.1, -0.05) is 38.0 Å². The van der Waals surface area contributed by atoms with Crippen molar-refractivity contribution in [2.45, 2.75) is 45.2 Å². The molecule has 1 aromatic rings. The van der Waals surface area contributed by atoms with Gasteiger partial charge in [0.1, 0.15) is 38.5 Å². The molecule has 0 spiro atoms. The lowest BCUT2D eigenvalue weighted by Gasteiger charge is -2.32. The molecule has 2 atom stereocenters. The van der Waals surface area contributed by atoms with Gasteiger partial charge in [-0.15, -0.1) is 0 Å². The number of quaternary nitrogens is 2. The number of piperazine rings is 1. The van der Waals surface area contributed by atoms with Crippen LogP contribution in [-0.2, 0) is 11.3 Å². The Morgan fingerprint density at radius 1 is 1.12 bits per heavy atom. The first-order valence-electron chi connectivity index (χ1n) is 9.81. The molecule has 25 heavy (non-hydrogen) atoms. The summed E-state index contributed by atoms with van der Waals surface area (Å²) in [5.41, 5.74) is 0.796. The molecule has 0 unspecified atom stereocenters. The molecule has 3 N–H and O–H groups in total. The van der Waals surface area contributed by atoms with Crippen LogP contribution in [0.5, 0.6) is 0 Å². The molecule has 2 aliphatic rings. The molecule has 2 fully saturated rings. The zero-order valence-electron chi connectivity index (χ0n) is 15.3. The Labute approximate surface area is 150 Å². The predicted molar refractivity (Wildman–Crippen MR) is 95.9 cm³/mol. The van der Waals surface area contributed by atoms with Crippen LogP contribution in [0.3, 0.4) is 0 Å². The zero-order valence-corrected chi connectivity index (χ0v) is 15.3. The molecule has 0 radical (unpaired) electrons. The summed E-state index contributed by atoms with van der Waals surface area (Å²) in [4.78, 5) is 15.1. The summed E-state index contributed by atoms with van der Waals surface area (Å²) in [7, 11) is 0. The highest BCUT2D eigenvalue weighted by Gasteiger charge is 2.28. The smallest absolute Gasteiger partial charge is 0.275 e. The van der Waals surface area contributed by atoms with Gasteiger partial charge < -0.3 is 15.1 Å². The largest absolute Gasteiger partial charge is 0.348 e. The minimum absolute atomic E-state index is 0.106. The molecule has 4 nitrogen and oxygen atoms in total. The number of carbonyl (C=O) groups is 1. The van der Waals surface area contributed by atoms with Gasteiger partial charge in [0.15, 0.2) is 6.54 Å². The standard InChI is InChI=1S/C20H30FN3O/c1-16-6-2-5-9-19(16)22-20(25)15-24-12-10-23(11-13-24)14-17-7-3-4-8-18(17)21/h3-4,7-8,16,19H,2,5-6,9-15H2,1H3,(H,22,25)/p+2/t16-,19+/m1/s1. The van der Waals surface area contributed by atoms with Gasteiger partial charge in [-0.25, -0.2) is 4.39 Å². The average Bonchev–Trinajstić information content (AvgIpc) is 2.61. The average molecular weight is 349 g/mol. The van der Waals surface area contributed by atoms with E-state index in [0.29, 0.717) is 18.5 Å². The first kappa shape index (κ1) is 18.3. The van der Waals surface area contributed by atoms with Gasteiger partial charge in [-0.3, -0.25) is 4.79 Å². The minimum Gasteiger partial charge on any atom is -0.348 e. The quantitative estimate of drug-likeness (QED) is 0.677. The fraction of sp³-hybridized carbons (Fsp3) is 0.650. The van der Waals surface area contributed by atoms with E-state index in [1.165, 1.54) is 35.1 Å². The van der Waals surface area contributed by atoms with Gasteiger partial charge in [0.05, 0.1) is 0 Å². The van der Waals surface area contributed by atoms with Gasteiger partial charge in [0.25, 0.3) is 5.91 Å². The van der Waals surface area contributed by atoms with Crippen LogP contribution in [0.2, 0.25) is 0 Å². The van der Waals surface area contributed by atoms with Gasteiger partial charge in [-0.2, -0.15) is 0 Å². The third kappa shape index (κ3) is 5.25. The summed E-state index contributed by atoms with van der Waals surface area (Å²) in [6.07, 6.45) is 4.89. The van der Waals surface area contributed by atoms with Crippen molar-refractivity contribution in [2.24, 2.45) is 5.92 Å². The third-order valence-corrected chi connectivity index (χ3v) is 5.93.